The van der Waals surface area contributed by atoms with Crippen molar-refractivity contribution in [3.05, 3.63) is 54.1 Å². The highest BCUT2D eigenvalue weighted by molar-refractivity contribution is 8.00. The van der Waals surface area contributed by atoms with Gasteiger partial charge in [0, 0.05) is 17.8 Å². The summed E-state index contributed by atoms with van der Waals surface area (Å²) in [6.45, 7) is 6.25. The molecule has 1 aromatic heterocycles. The number of rotatable bonds is 6. The predicted octanol–water partition coefficient (Wildman–Crippen LogP) is 4.38. The molecule has 1 N–H and O–H groups in total. The average molecular weight is 367 g/mol. The van der Waals surface area contributed by atoms with Crippen LogP contribution < -0.4 is 5.32 Å². The van der Waals surface area contributed by atoms with E-state index in [9.17, 15) is 9.59 Å². The number of aromatic nitrogens is 2. The summed E-state index contributed by atoms with van der Waals surface area (Å²) in [6, 6.07) is 14.9. The first-order chi connectivity index (χ1) is 12.5. The van der Waals surface area contributed by atoms with Crippen molar-refractivity contribution in [3.63, 3.8) is 0 Å². The van der Waals surface area contributed by atoms with Crippen LogP contribution in [0.1, 0.15) is 31.1 Å². The monoisotopic (exact) mass is 367 g/mol. The minimum Gasteiger partial charge on any atom is -0.325 e. The fraction of sp³-hybridized carbons (Fsp3) is 0.250. The Morgan fingerprint density at radius 1 is 1.15 bits per heavy atom. The molecule has 1 amide bonds. The molecule has 0 bridgehead atoms. The van der Waals surface area contributed by atoms with Crippen molar-refractivity contribution in [2.75, 3.05) is 5.32 Å². The predicted molar refractivity (Wildman–Crippen MR) is 106 cm³/mol. The summed E-state index contributed by atoms with van der Waals surface area (Å²) in [7, 11) is 0. The van der Waals surface area contributed by atoms with Gasteiger partial charge in [0.15, 0.2) is 10.9 Å². The smallest absolute Gasteiger partial charge is 0.237 e. The van der Waals surface area contributed by atoms with Gasteiger partial charge in [0.05, 0.1) is 16.3 Å². The molecule has 6 heteroatoms. The van der Waals surface area contributed by atoms with Crippen molar-refractivity contribution in [1.82, 2.24) is 9.55 Å². The second-order valence-corrected chi connectivity index (χ2v) is 7.32. The summed E-state index contributed by atoms with van der Waals surface area (Å²) in [5.74, 6) is -0.0921. The molecule has 0 unspecified atom stereocenters. The van der Waals surface area contributed by atoms with E-state index < -0.39 is 0 Å². The molecule has 2 aromatic carbocycles. The van der Waals surface area contributed by atoms with Crippen molar-refractivity contribution >= 4 is 40.2 Å². The SMILES string of the molecule is CCn1c(S[C@H](C)C(=O)Nc2ccc(C(C)=O)cc2)nc2ccccc21. The van der Waals surface area contributed by atoms with Crippen LogP contribution in [0, 0.1) is 0 Å². The van der Waals surface area contributed by atoms with E-state index in [0.29, 0.717) is 11.3 Å². The van der Waals surface area contributed by atoms with Crippen LogP contribution in [0.15, 0.2) is 53.7 Å². The van der Waals surface area contributed by atoms with Gasteiger partial charge in [-0.25, -0.2) is 4.98 Å². The molecule has 1 atom stereocenters. The zero-order chi connectivity index (χ0) is 18.7. The van der Waals surface area contributed by atoms with Crippen LogP contribution in [0.25, 0.3) is 11.0 Å². The average Bonchev–Trinajstić information content (AvgIpc) is 2.99. The molecule has 5 nitrogen and oxygen atoms in total. The number of anilines is 1. The Morgan fingerprint density at radius 2 is 1.85 bits per heavy atom. The summed E-state index contributed by atoms with van der Waals surface area (Å²) in [5.41, 5.74) is 3.31. The second kappa shape index (κ2) is 7.74. The third-order valence-electron chi connectivity index (χ3n) is 4.15. The zero-order valence-corrected chi connectivity index (χ0v) is 15.8. The molecule has 1 heterocycles. The number of nitrogens with zero attached hydrogens (tertiary/aromatic N) is 2. The van der Waals surface area contributed by atoms with Gasteiger partial charge in [0.25, 0.3) is 0 Å². The highest BCUT2D eigenvalue weighted by atomic mass is 32.2. The second-order valence-electron chi connectivity index (χ2n) is 6.01. The zero-order valence-electron chi connectivity index (χ0n) is 15.0. The maximum atomic E-state index is 12.5. The molecule has 0 aliphatic heterocycles. The van der Waals surface area contributed by atoms with Crippen molar-refractivity contribution in [2.24, 2.45) is 0 Å². The molecule has 0 saturated carbocycles. The highest BCUT2D eigenvalue weighted by Gasteiger charge is 2.19. The van der Waals surface area contributed by atoms with E-state index in [1.165, 1.54) is 18.7 Å². The fourth-order valence-electron chi connectivity index (χ4n) is 2.69. The molecule has 3 aromatic rings. The number of aryl methyl sites for hydroxylation is 1. The molecule has 0 aliphatic carbocycles. The van der Waals surface area contributed by atoms with E-state index in [1.807, 2.05) is 31.2 Å². The van der Waals surface area contributed by atoms with Gasteiger partial charge in [-0.3, -0.25) is 9.59 Å². The summed E-state index contributed by atoms with van der Waals surface area (Å²) in [5, 5.41) is 3.43. The van der Waals surface area contributed by atoms with Gasteiger partial charge in [-0.05, 0) is 57.2 Å². The van der Waals surface area contributed by atoms with Gasteiger partial charge in [-0.15, -0.1) is 0 Å². The summed E-state index contributed by atoms with van der Waals surface area (Å²) >= 11 is 1.44. The number of imidazole rings is 1. The van der Waals surface area contributed by atoms with Gasteiger partial charge < -0.3 is 9.88 Å². The lowest BCUT2D eigenvalue weighted by Crippen LogP contribution is -2.22. The fourth-order valence-corrected chi connectivity index (χ4v) is 3.68. The number of fused-ring (bicyclic) bond motifs is 1. The van der Waals surface area contributed by atoms with Crippen molar-refractivity contribution in [2.45, 2.75) is 37.7 Å². The van der Waals surface area contributed by atoms with Crippen LogP contribution in [0.5, 0.6) is 0 Å². The Balaban J connectivity index is 1.72. The maximum absolute atomic E-state index is 12.5. The maximum Gasteiger partial charge on any atom is 0.237 e. The van der Waals surface area contributed by atoms with E-state index in [2.05, 4.69) is 21.8 Å². The Hall–Kier alpha value is -2.60. The number of ketones is 1. The molecule has 0 radical (unpaired) electrons. The largest absolute Gasteiger partial charge is 0.325 e. The molecule has 26 heavy (non-hydrogen) atoms. The molecular weight excluding hydrogens is 346 g/mol. The number of nitrogens with one attached hydrogen (secondary N) is 1. The van der Waals surface area contributed by atoms with Gasteiger partial charge in [-0.1, -0.05) is 23.9 Å². The minimum atomic E-state index is -0.301. The highest BCUT2D eigenvalue weighted by Crippen LogP contribution is 2.27. The van der Waals surface area contributed by atoms with Crippen LogP contribution in [-0.2, 0) is 11.3 Å². The topological polar surface area (TPSA) is 64.0 Å². The van der Waals surface area contributed by atoms with Crippen LogP contribution in [0.4, 0.5) is 5.69 Å². The third kappa shape index (κ3) is 3.80. The van der Waals surface area contributed by atoms with Crippen LogP contribution in [0.3, 0.4) is 0 Å². The minimum absolute atomic E-state index is 0.00488. The number of thioether (sulfide) groups is 1. The molecule has 0 fully saturated rings. The third-order valence-corrected chi connectivity index (χ3v) is 5.24. The summed E-state index contributed by atoms with van der Waals surface area (Å²) in [6.07, 6.45) is 0. The first-order valence-corrected chi connectivity index (χ1v) is 9.41. The Labute approximate surface area is 156 Å². The molecule has 0 saturated heterocycles. The normalized spacial score (nSPS) is 12.1. The number of hydrogen-bond acceptors (Lipinski definition) is 4. The lowest BCUT2D eigenvalue weighted by atomic mass is 10.1. The van der Waals surface area contributed by atoms with E-state index in [1.54, 1.807) is 24.3 Å². The molecular formula is C20H21N3O2S. The van der Waals surface area contributed by atoms with E-state index in [-0.39, 0.29) is 16.9 Å². The number of carbonyl (C=O) groups is 2. The quantitative estimate of drug-likeness (QED) is 0.519. The van der Waals surface area contributed by atoms with Gasteiger partial charge >= 0.3 is 0 Å². The number of benzene rings is 2. The first-order valence-electron chi connectivity index (χ1n) is 8.53. The van der Waals surface area contributed by atoms with Crippen LogP contribution >= 0.6 is 11.8 Å². The van der Waals surface area contributed by atoms with Gasteiger partial charge in [0.1, 0.15) is 0 Å². The Morgan fingerprint density at radius 3 is 2.50 bits per heavy atom. The summed E-state index contributed by atoms with van der Waals surface area (Å²) in [4.78, 5) is 28.5. The van der Waals surface area contributed by atoms with Crippen LogP contribution in [0.2, 0.25) is 0 Å². The van der Waals surface area contributed by atoms with Crippen molar-refractivity contribution < 1.29 is 9.59 Å². The molecule has 0 spiro atoms. The standard InChI is InChI=1S/C20H21N3O2S/c1-4-23-18-8-6-5-7-17(18)22-20(23)26-14(3)19(25)21-16-11-9-15(10-12-16)13(2)24/h5-12,14H,4H2,1-3H3,(H,21,25)/t14-/m1/s1. The lowest BCUT2D eigenvalue weighted by Gasteiger charge is -2.13. The first kappa shape index (κ1) is 18.2. The molecule has 134 valence electrons. The number of Topliss-reactive ketones (excluding diaryl/α,β-unsaturated/α-hetero) is 1. The Kier molecular flexibility index (Phi) is 5.42. The lowest BCUT2D eigenvalue weighted by molar-refractivity contribution is -0.115. The van der Waals surface area contributed by atoms with E-state index in [4.69, 9.17) is 0 Å². The van der Waals surface area contributed by atoms with Crippen molar-refractivity contribution in [3.8, 4) is 0 Å². The van der Waals surface area contributed by atoms with Gasteiger partial charge in [-0.2, -0.15) is 0 Å². The molecule has 0 aliphatic rings. The van der Waals surface area contributed by atoms with Crippen molar-refractivity contribution in [1.29, 1.82) is 0 Å². The van der Waals surface area contributed by atoms with E-state index in [0.717, 1.165) is 22.7 Å². The number of amides is 1. The van der Waals surface area contributed by atoms with E-state index >= 15 is 0 Å². The van der Waals surface area contributed by atoms with Gasteiger partial charge in [0.2, 0.25) is 5.91 Å². The number of carbonyl (C=O) groups excluding carboxylic acids is 2. The van der Waals surface area contributed by atoms with Crippen LogP contribution in [-0.4, -0.2) is 26.5 Å². The number of hydrogen-bond donors (Lipinski definition) is 1. The number of para-hydroxylation sites is 2. The summed E-state index contributed by atoms with van der Waals surface area (Å²) < 4.78 is 2.12. The Bertz CT molecular complexity index is 947. The molecule has 3 rings (SSSR count).